The van der Waals surface area contributed by atoms with Crippen molar-refractivity contribution in [3.05, 3.63) is 42.3 Å². The lowest BCUT2D eigenvalue weighted by Crippen LogP contribution is -2.48. The maximum Gasteiger partial charge on any atom is 0.0434 e. The summed E-state index contributed by atoms with van der Waals surface area (Å²) in [5.41, 5.74) is 7.68. The Morgan fingerprint density at radius 2 is 1.88 bits per heavy atom. The Morgan fingerprint density at radius 1 is 1.25 bits per heavy atom. The molecule has 0 unspecified atom stereocenters. The molecule has 1 saturated heterocycles. The molecule has 1 fully saturated rings. The average Bonchev–Trinajstić information content (AvgIpc) is 2.34. The Labute approximate surface area is 98.4 Å². The smallest absolute Gasteiger partial charge is 0.0434 e. The van der Waals surface area contributed by atoms with Crippen LogP contribution < -0.4 is 5.73 Å². The van der Waals surface area contributed by atoms with E-state index >= 15 is 0 Å². The van der Waals surface area contributed by atoms with Crippen LogP contribution >= 0.6 is 0 Å². The summed E-state index contributed by atoms with van der Waals surface area (Å²) < 4.78 is 0. The van der Waals surface area contributed by atoms with Gasteiger partial charge in [0.15, 0.2) is 0 Å². The van der Waals surface area contributed by atoms with Gasteiger partial charge in [-0.1, -0.05) is 37.3 Å². The summed E-state index contributed by atoms with van der Waals surface area (Å²) in [7, 11) is 0. The molecule has 1 aliphatic heterocycles. The molecular formula is C14H21N2. The summed E-state index contributed by atoms with van der Waals surface area (Å²) >= 11 is 0. The van der Waals surface area contributed by atoms with Crippen molar-refractivity contribution in [2.75, 3.05) is 19.6 Å². The highest BCUT2D eigenvalue weighted by Gasteiger charge is 2.31. The summed E-state index contributed by atoms with van der Waals surface area (Å²) in [5, 5.41) is 0. The quantitative estimate of drug-likeness (QED) is 0.840. The molecule has 87 valence electrons. The highest BCUT2D eigenvalue weighted by molar-refractivity contribution is 5.24. The van der Waals surface area contributed by atoms with Crippen LogP contribution in [0.3, 0.4) is 0 Å². The maximum absolute atomic E-state index is 6.50. The molecule has 16 heavy (non-hydrogen) atoms. The van der Waals surface area contributed by atoms with Crippen molar-refractivity contribution in [1.29, 1.82) is 0 Å². The van der Waals surface area contributed by atoms with Crippen LogP contribution in [0.4, 0.5) is 0 Å². The van der Waals surface area contributed by atoms with Crippen molar-refractivity contribution in [3.8, 4) is 0 Å². The summed E-state index contributed by atoms with van der Waals surface area (Å²) in [6.07, 6.45) is 4.34. The number of hydrogen-bond acceptors (Lipinski definition) is 2. The van der Waals surface area contributed by atoms with E-state index in [1.165, 1.54) is 5.56 Å². The molecule has 1 aliphatic rings. The van der Waals surface area contributed by atoms with E-state index in [9.17, 15) is 0 Å². The minimum atomic E-state index is -0.106. The fourth-order valence-electron chi connectivity index (χ4n) is 2.45. The van der Waals surface area contributed by atoms with Crippen LogP contribution in [-0.4, -0.2) is 24.5 Å². The van der Waals surface area contributed by atoms with Gasteiger partial charge in [-0.3, -0.25) is 0 Å². The number of nitrogens with zero attached hydrogens (tertiary/aromatic N) is 1. The van der Waals surface area contributed by atoms with Gasteiger partial charge in [-0.05, 0) is 24.8 Å². The zero-order valence-corrected chi connectivity index (χ0v) is 10.0. The second kappa shape index (κ2) is 4.98. The molecule has 0 aliphatic carbocycles. The topological polar surface area (TPSA) is 29.3 Å². The molecule has 2 N–H and O–H groups in total. The van der Waals surface area contributed by atoms with Crippen molar-refractivity contribution in [1.82, 2.24) is 4.90 Å². The van der Waals surface area contributed by atoms with E-state index in [1.54, 1.807) is 0 Å². The van der Waals surface area contributed by atoms with Gasteiger partial charge in [0.25, 0.3) is 0 Å². The second-order valence-electron chi connectivity index (χ2n) is 4.73. The third-order valence-corrected chi connectivity index (χ3v) is 3.54. The molecule has 0 bridgehead atoms. The Kier molecular flexibility index (Phi) is 3.62. The number of piperidine rings is 1. The van der Waals surface area contributed by atoms with E-state index in [-0.39, 0.29) is 5.54 Å². The molecule has 2 heteroatoms. The Morgan fingerprint density at radius 3 is 2.44 bits per heavy atom. The van der Waals surface area contributed by atoms with Gasteiger partial charge < -0.3 is 10.6 Å². The number of hydrogen-bond donors (Lipinski definition) is 1. The fraction of sp³-hybridized carbons (Fsp3) is 0.500. The number of rotatable bonds is 3. The van der Waals surface area contributed by atoms with Crippen LogP contribution in [0.1, 0.15) is 25.3 Å². The van der Waals surface area contributed by atoms with Gasteiger partial charge in [0.2, 0.25) is 0 Å². The summed E-state index contributed by atoms with van der Waals surface area (Å²) in [4.78, 5) is 2.47. The minimum absolute atomic E-state index is 0.106. The lowest BCUT2D eigenvalue weighted by atomic mass is 9.82. The Bertz CT molecular complexity index is 313. The molecular weight excluding hydrogens is 196 g/mol. The molecule has 2 nitrogen and oxygen atoms in total. The summed E-state index contributed by atoms with van der Waals surface area (Å²) in [6, 6.07) is 10.5. The zero-order chi connectivity index (χ0) is 11.4. The van der Waals surface area contributed by atoms with Gasteiger partial charge in [-0.15, -0.1) is 0 Å². The van der Waals surface area contributed by atoms with Crippen LogP contribution in [-0.2, 0) is 5.54 Å². The Balaban J connectivity index is 2.01. The van der Waals surface area contributed by atoms with Crippen molar-refractivity contribution in [3.63, 3.8) is 0 Å². The number of likely N-dealkylation sites (tertiary alicyclic amines) is 1. The lowest BCUT2D eigenvalue weighted by molar-refractivity contribution is 0.172. The van der Waals surface area contributed by atoms with Gasteiger partial charge in [0.1, 0.15) is 0 Å². The predicted molar refractivity (Wildman–Crippen MR) is 68.0 cm³/mol. The standard InChI is InChI=1S/C14H21N2/c1-2-10-16-11-8-14(15,9-12-16)13-6-4-3-5-7-13/h2-7H,8-12,15H2,1H3. The van der Waals surface area contributed by atoms with Gasteiger partial charge in [-0.2, -0.15) is 0 Å². The van der Waals surface area contributed by atoms with Crippen LogP contribution in [0, 0.1) is 6.42 Å². The third-order valence-electron chi connectivity index (χ3n) is 3.54. The van der Waals surface area contributed by atoms with Crippen LogP contribution in [0.2, 0.25) is 0 Å². The van der Waals surface area contributed by atoms with Crippen LogP contribution in [0.5, 0.6) is 0 Å². The van der Waals surface area contributed by atoms with Crippen LogP contribution in [0.15, 0.2) is 30.3 Å². The third kappa shape index (κ3) is 2.45. The highest BCUT2D eigenvalue weighted by Crippen LogP contribution is 2.29. The largest absolute Gasteiger partial charge is 0.321 e. The van der Waals surface area contributed by atoms with Gasteiger partial charge >= 0.3 is 0 Å². The van der Waals surface area contributed by atoms with Crippen molar-refractivity contribution >= 4 is 0 Å². The SMILES string of the molecule is C[CH]CN1CCC(N)(c2ccccc2)CC1. The molecule has 1 aromatic rings. The normalized spacial score (nSPS) is 20.9. The molecule has 2 rings (SSSR count). The molecule has 1 heterocycles. The predicted octanol–water partition coefficient (Wildman–Crippen LogP) is 2.16. The molecule has 0 spiro atoms. The van der Waals surface area contributed by atoms with Crippen molar-refractivity contribution < 1.29 is 0 Å². The number of nitrogens with two attached hydrogens (primary N) is 1. The van der Waals surface area contributed by atoms with E-state index in [1.807, 2.05) is 6.07 Å². The molecule has 0 atom stereocenters. The van der Waals surface area contributed by atoms with Gasteiger partial charge in [-0.25, -0.2) is 0 Å². The summed E-state index contributed by atoms with van der Waals surface area (Å²) in [5.74, 6) is 0. The average molecular weight is 217 g/mol. The molecule has 0 aromatic heterocycles. The Hall–Kier alpha value is -0.860. The minimum Gasteiger partial charge on any atom is -0.321 e. The molecule has 0 saturated carbocycles. The number of benzene rings is 1. The first-order chi connectivity index (χ1) is 7.74. The first-order valence-electron chi connectivity index (χ1n) is 6.09. The first kappa shape index (κ1) is 11.6. The van der Waals surface area contributed by atoms with Crippen molar-refractivity contribution in [2.24, 2.45) is 5.73 Å². The monoisotopic (exact) mass is 217 g/mol. The van der Waals surface area contributed by atoms with Gasteiger partial charge in [0, 0.05) is 25.2 Å². The lowest BCUT2D eigenvalue weighted by Gasteiger charge is -2.39. The fourth-order valence-corrected chi connectivity index (χ4v) is 2.45. The maximum atomic E-state index is 6.50. The molecule has 1 radical (unpaired) electrons. The first-order valence-corrected chi connectivity index (χ1v) is 6.09. The molecule has 0 amide bonds. The summed E-state index contributed by atoms with van der Waals surface area (Å²) in [6.45, 7) is 5.41. The van der Waals surface area contributed by atoms with E-state index in [4.69, 9.17) is 5.73 Å². The van der Waals surface area contributed by atoms with Gasteiger partial charge in [0.05, 0.1) is 0 Å². The van der Waals surface area contributed by atoms with E-state index in [0.29, 0.717) is 0 Å². The second-order valence-corrected chi connectivity index (χ2v) is 4.73. The van der Waals surface area contributed by atoms with E-state index in [0.717, 1.165) is 32.5 Å². The van der Waals surface area contributed by atoms with E-state index in [2.05, 4.69) is 42.5 Å². The van der Waals surface area contributed by atoms with Crippen molar-refractivity contribution in [2.45, 2.75) is 25.3 Å². The molecule has 1 aromatic carbocycles. The highest BCUT2D eigenvalue weighted by atomic mass is 15.1. The zero-order valence-electron chi connectivity index (χ0n) is 10.0. The van der Waals surface area contributed by atoms with Crippen LogP contribution in [0.25, 0.3) is 0 Å². The van der Waals surface area contributed by atoms with E-state index < -0.39 is 0 Å².